The molecule has 138 valence electrons. The number of amides is 2. The van der Waals surface area contributed by atoms with Gasteiger partial charge >= 0.3 is 6.03 Å². The standard InChI is InChI=1S/C22H24N4O/c27-22-25(13-17-6-2-1-3-7-17)16-19-15-24(10-11-26(19)22)14-18-12-23-21-9-5-4-8-20(18)21/h1-9,12,19,23H,10-11,13-16H2/t19-/m1/s1. The molecule has 2 fully saturated rings. The molecule has 5 heteroatoms. The molecule has 2 aliphatic rings. The largest absolute Gasteiger partial charge is 0.361 e. The maximum atomic E-state index is 12.8. The number of nitrogens with one attached hydrogen (secondary N) is 1. The fraction of sp³-hybridized carbons (Fsp3) is 0.318. The summed E-state index contributed by atoms with van der Waals surface area (Å²) < 4.78 is 0. The highest BCUT2D eigenvalue weighted by molar-refractivity contribution is 5.83. The fourth-order valence-electron chi connectivity index (χ4n) is 4.42. The number of hydrogen-bond donors (Lipinski definition) is 1. The Bertz CT molecular complexity index is 951. The number of aromatic nitrogens is 1. The molecule has 2 amide bonds. The first-order valence-electron chi connectivity index (χ1n) is 9.65. The highest BCUT2D eigenvalue weighted by atomic mass is 16.2. The Labute approximate surface area is 159 Å². The van der Waals surface area contributed by atoms with Crippen LogP contribution in [0.2, 0.25) is 0 Å². The van der Waals surface area contributed by atoms with Crippen LogP contribution in [0.5, 0.6) is 0 Å². The third-order valence-electron chi connectivity index (χ3n) is 5.80. The van der Waals surface area contributed by atoms with Crippen LogP contribution in [0.3, 0.4) is 0 Å². The first-order valence-corrected chi connectivity index (χ1v) is 9.65. The van der Waals surface area contributed by atoms with Gasteiger partial charge in [-0.15, -0.1) is 0 Å². The number of urea groups is 1. The zero-order chi connectivity index (χ0) is 18.2. The number of nitrogens with zero attached hydrogens (tertiary/aromatic N) is 3. The van der Waals surface area contributed by atoms with E-state index in [4.69, 9.17) is 0 Å². The quantitative estimate of drug-likeness (QED) is 0.776. The van der Waals surface area contributed by atoms with Gasteiger partial charge in [0.15, 0.2) is 0 Å². The molecule has 1 N–H and O–H groups in total. The predicted molar refractivity (Wildman–Crippen MR) is 106 cm³/mol. The van der Waals surface area contributed by atoms with Crippen molar-refractivity contribution in [3.63, 3.8) is 0 Å². The maximum absolute atomic E-state index is 12.8. The number of fused-ring (bicyclic) bond motifs is 2. The van der Waals surface area contributed by atoms with Crippen molar-refractivity contribution in [3.05, 3.63) is 71.9 Å². The molecule has 27 heavy (non-hydrogen) atoms. The Morgan fingerprint density at radius 3 is 2.63 bits per heavy atom. The van der Waals surface area contributed by atoms with E-state index in [-0.39, 0.29) is 6.03 Å². The summed E-state index contributed by atoms with van der Waals surface area (Å²) in [6, 6.07) is 19.2. The molecule has 0 radical (unpaired) electrons. The Morgan fingerprint density at radius 2 is 1.74 bits per heavy atom. The topological polar surface area (TPSA) is 42.6 Å². The number of H-pyrrole nitrogens is 1. The molecule has 2 aromatic carbocycles. The molecule has 3 heterocycles. The van der Waals surface area contributed by atoms with Crippen LogP contribution in [0.25, 0.3) is 10.9 Å². The molecule has 1 aromatic heterocycles. The van der Waals surface area contributed by atoms with Crippen molar-refractivity contribution < 1.29 is 4.79 Å². The van der Waals surface area contributed by atoms with Gasteiger partial charge in [0.2, 0.25) is 0 Å². The summed E-state index contributed by atoms with van der Waals surface area (Å²) in [4.78, 5) is 22.7. The lowest BCUT2D eigenvalue weighted by Crippen LogP contribution is -2.51. The molecule has 1 atom stereocenters. The van der Waals surface area contributed by atoms with E-state index in [0.29, 0.717) is 12.6 Å². The molecule has 0 bridgehead atoms. The second-order valence-corrected chi connectivity index (χ2v) is 7.59. The normalized spacial score (nSPS) is 20.4. The maximum Gasteiger partial charge on any atom is 0.320 e. The van der Waals surface area contributed by atoms with Crippen LogP contribution in [0.4, 0.5) is 4.79 Å². The lowest BCUT2D eigenvalue weighted by atomic mass is 10.1. The van der Waals surface area contributed by atoms with Crippen molar-refractivity contribution in [2.24, 2.45) is 0 Å². The molecule has 0 aliphatic carbocycles. The van der Waals surface area contributed by atoms with Gasteiger partial charge in [-0.1, -0.05) is 48.5 Å². The highest BCUT2D eigenvalue weighted by Gasteiger charge is 2.40. The summed E-state index contributed by atoms with van der Waals surface area (Å²) >= 11 is 0. The number of aromatic amines is 1. The van der Waals surface area contributed by atoms with Crippen molar-refractivity contribution in [1.82, 2.24) is 19.7 Å². The summed E-state index contributed by atoms with van der Waals surface area (Å²) in [6.45, 7) is 5.14. The molecule has 2 aliphatic heterocycles. The second kappa shape index (κ2) is 6.74. The molecule has 2 saturated heterocycles. The van der Waals surface area contributed by atoms with E-state index < -0.39 is 0 Å². The van der Waals surface area contributed by atoms with E-state index in [1.807, 2.05) is 23.1 Å². The smallest absolute Gasteiger partial charge is 0.320 e. The van der Waals surface area contributed by atoms with Gasteiger partial charge in [-0.3, -0.25) is 4.90 Å². The van der Waals surface area contributed by atoms with Crippen LogP contribution in [0, 0.1) is 0 Å². The van der Waals surface area contributed by atoms with Gasteiger partial charge in [-0.25, -0.2) is 4.79 Å². The number of benzene rings is 2. The van der Waals surface area contributed by atoms with E-state index in [1.54, 1.807) is 0 Å². The summed E-state index contributed by atoms with van der Waals surface area (Å²) in [7, 11) is 0. The third kappa shape index (κ3) is 3.08. The lowest BCUT2D eigenvalue weighted by molar-refractivity contribution is 0.116. The van der Waals surface area contributed by atoms with Gasteiger partial charge in [0.1, 0.15) is 0 Å². The number of rotatable bonds is 4. The average Bonchev–Trinajstić information content (AvgIpc) is 3.24. The van der Waals surface area contributed by atoms with Crippen molar-refractivity contribution in [2.45, 2.75) is 19.1 Å². The molecule has 5 rings (SSSR count). The van der Waals surface area contributed by atoms with E-state index in [2.05, 4.69) is 57.4 Å². The molecule has 5 nitrogen and oxygen atoms in total. The second-order valence-electron chi connectivity index (χ2n) is 7.59. The summed E-state index contributed by atoms with van der Waals surface area (Å²) in [6.07, 6.45) is 2.12. The zero-order valence-electron chi connectivity index (χ0n) is 15.3. The van der Waals surface area contributed by atoms with E-state index >= 15 is 0 Å². The number of hydrogen-bond acceptors (Lipinski definition) is 2. The van der Waals surface area contributed by atoms with E-state index in [1.165, 1.54) is 22.0 Å². The molecule has 0 spiro atoms. The highest BCUT2D eigenvalue weighted by Crippen LogP contribution is 2.25. The first-order chi connectivity index (χ1) is 13.3. The van der Waals surface area contributed by atoms with Gasteiger partial charge in [-0.2, -0.15) is 0 Å². The van der Waals surface area contributed by atoms with E-state index in [0.717, 1.165) is 32.7 Å². The molecule has 0 saturated carbocycles. The van der Waals surface area contributed by atoms with Crippen LogP contribution in [0.1, 0.15) is 11.1 Å². The molecule has 0 unspecified atom stereocenters. The molecular weight excluding hydrogens is 336 g/mol. The zero-order valence-corrected chi connectivity index (χ0v) is 15.3. The molecule has 3 aromatic rings. The van der Waals surface area contributed by atoms with Crippen molar-refractivity contribution in [2.75, 3.05) is 26.2 Å². The lowest BCUT2D eigenvalue weighted by Gasteiger charge is -2.36. The van der Waals surface area contributed by atoms with Crippen LogP contribution in [-0.2, 0) is 13.1 Å². The monoisotopic (exact) mass is 360 g/mol. The van der Waals surface area contributed by atoms with Crippen LogP contribution in [-0.4, -0.2) is 57.9 Å². The first kappa shape index (κ1) is 16.4. The van der Waals surface area contributed by atoms with Crippen LogP contribution >= 0.6 is 0 Å². The van der Waals surface area contributed by atoms with E-state index in [9.17, 15) is 4.79 Å². The number of carbonyl (C=O) groups is 1. The predicted octanol–water partition coefficient (Wildman–Crippen LogP) is 3.29. The Balaban J connectivity index is 1.26. The molecular formula is C22H24N4O. The SMILES string of the molecule is O=C1N(Cc2ccccc2)C[C@H]2CN(Cc3c[nH]c4ccccc34)CCN12. The van der Waals surface area contributed by atoms with Crippen molar-refractivity contribution in [3.8, 4) is 0 Å². The summed E-state index contributed by atoms with van der Waals surface area (Å²) in [5, 5.41) is 1.30. The Morgan fingerprint density at radius 1 is 0.926 bits per heavy atom. The van der Waals surface area contributed by atoms with Crippen LogP contribution in [0.15, 0.2) is 60.8 Å². The fourth-order valence-corrected chi connectivity index (χ4v) is 4.42. The minimum atomic E-state index is 0.190. The number of piperazine rings is 1. The van der Waals surface area contributed by atoms with Gasteiger partial charge in [0.05, 0.1) is 6.04 Å². The van der Waals surface area contributed by atoms with Crippen LogP contribution < -0.4 is 0 Å². The van der Waals surface area contributed by atoms with Gasteiger partial charge in [-0.05, 0) is 17.2 Å². The van der Waals surface area contributed by atoms with Gasteiger partial charge < -0.3 is 14.8 Å². The number of carbonyl (C=O) groups excluding carboxylic acids is 1. The summed E-state index contributed by atoms with van der Waals surface area (Å²) in [5.41, 5.74) is 3.72. The van der Waals surface area contributed by atoms with Crippen molar-refractivity contribution in [1.29, 1.82) is 0 Å². The summed E-state index contributed by atoms with van der Waals surface area (Å²) in [5.74, 6) is 0. The number of para-hydroxylation sites is 1. The minimum Gasteiger partial charge on any atom is -0.361 e. The Kier molecular flexibility index (Phi) is 4.09. The van der Waals surface area contributed by atoms with Gasteiger partial charge in [0.25, 0.3) is 0 Å². The minimum absolute atomic E-state index is 0.190. The van der Waals surface area contributed by atoms with Crippen molar-refractivity contribution >= 4 is 16.9 Å². The van der Waals surface area contributed by atoms with Gasteiger partial charge in [0, 0.05) is 56.4 Å². The average molecular weight is 360 g/mol. The Hall–Kier alpha value is -2.79. The third-order valence-corrected chi connectivity index (χ3v) is 5.80.